The third-order valence-electron chi connectivity index (χ3n) is 4.80. The zero-order valence-corrected chi connectivity index (χ0v) is 17.0. The topological polar surface area (TPSA) is 74.0 Å². The second-order valence-electron chi connectivity index (χ2n) is 6.89. The molecule has 1 aliphatic heterocycles. The first kappa shape index (κ1) is 19.9. The van der Waals surface area contributed by atoms with Gasteiger partial charge in [0, 0.05) is 11.5 Å². The van der Waals surface area contributed by atoms with Crippen molar-refractivity contribution in [1.82, 2.24) is 5.43 Å². The Bertz CT molecular complexity index is 1100. The Morgan fingerprint density at radius 1 is 1.03 bits per heavy atom. The lowest BCUT2D eigenvalue weighted by Gasteiger charge is -2.14. The molecule has 0 aromatic heterocycles. The number of amides is 1. The van der Waals surface area contributed by atoms with Crippen LogP contribution < -0.4 is 5.43 Å². The summed E-state index contributed by atoms with van der Waals surface area (Å²) >= 11 is 1.44. The fourth-order valence-corrected chi connectivity index (χ4v) is 4.25. The molecule has 30 heavy (non-hydrogen) atoms. The molecule has 0 spiro atoms. The number of para-hydroxylation sites is 2. The average molecular weight is 416 g/mol. The smallest absolute Gasteiger partial charge is 0.250 e. The summed E-state index contributed by atoms with van der Waals surface area (Å²) in [5.41, 5.74) is 6.46. The molecule has 1 unspecified atom stereocenters. The lowest BCUT2D eigenvalue weighted by Crippen LogP contribution is -2.21. The Balaban J connectivity index is 1.39. The van der Waals surface area contributed by atoms with Gasteiger partial charge in [-0.05, 0) is 35.7 Å². The number of hydrazone groups is 1. The molecule has 0 saturated heterocycles. The van der Waals surface area contributed by atoms with Crippen LogP contribution in [0.1, 0.15) is 22.6 Å². The molecule has 1 atom stereocenters. The predicted octanol–water partition coefficient (Wildman–Crippen LogP) is 4.65. The number of hydrogen-bond acceptors (Lipinski definition) is 5. The fourth-order valence-electron chi connectivity index (χ4n) is 3.34. The maximum absolute atomic E-state index is 12.2. The highest BCUT2D eigenvalue weighted by molar-refractivity contribution is 8.14. The normalized spacial score (nSPS) is 15.1. The van der Waals surface area contributed by atoms with Gasteiger partial charge >= 0.3 is 0 Å². The van der Waals surface area contributed by atoms with Crippen molar-refractivity contribution in [2.45, 2.75) is 12.3 Å². The van der Waals surface area contributed by atoms with Crippen LogP contribution in [0.3, 0.4) is 0 Å². The Hall–Kier alpha value is -3.38. The molecule has 3 aromatic carbocycles. The average Bonchev–Trinajstić information content (AvgIpc) is 3.12. The minimum Gasteiger partial charge on any atom is -0.507 e. The van der Waals surface area contributed by atoms with Crippen molar-refractivity contribution in [3.8, 4) is 5.75 Å². The third-order valence-corrected chi connectivity index (χ3v) is 5.88. The van der Waals surface area contributed by atoms with Gasteiger partial charge in [0.05, 0.1) is 22.7 Å². The van der Waals surface area contributed by atoms with E-state index >= 15 is 0 Å². The van der Waals surface area contributed by atoms with Crippen molar-refractivity contribution < 1.29 is 9.90 Å². The highest BCUT2D eigenvalue weighted by Crippen LogP contribution is 2.40. The summed E-state index contributed by atoms with van der Waals surface area (Å²) in [5.74, 6) is 0.262. The molecule has 1 amide bonds. The zero-order valence-electron chi connectivity index (χ0n) is 16.2. The first-order valence-corrected chi connectivity index (χ1v) is 10.6. The highest BCUT2D eigenvalue weighted by Gasteiger charge is 2.28. The van der Waals surface area contributed by atoms with Gasteiger partial charge in [0.2, 0.25) is 5.91 Å². The number of aromatic hydroxyl groups is 1. The van der Waals surface area contributed by atoms with E-state index in [9.17, 15) is 9.90 Å². The van der Waals surface area contributed by atoms with Crippen LogP contribution in [0.2, 0.25) is 0 Å². The molecule has 1 aliphatic rings. The summed E-state index contributed by atoms with van der Waals surface area (Å²) in [7, 11) is 0. The number of aliphatic imine (C=N–C) groups is 1. The van der Waals surface area contributed by atoms with Crippen LogP contribution in [-0.4, -0.2) is 28.0 Å². The van der Waals surface area contributed by atoms with Crippen molar-refractivity contribution in [1.29, 1.82) is 0 Å². The van der Waals surface area contributed by atoms with E-state index < -0.39 is 0 Å². The van der Waals surface area contributed by atoms with Gasteiger partial charge in [-0.3, -0.25) is 4.79 Å². The van der Waals surface area contributed by atoms with Gasteiger partial charge in [0.15, 0.2) is 0 Å². The SMILES string of the molecule is O=C(CSC1=Nc2ccccc2C1Cc1ccccc1)N/N=C/c1ccccc1O. The molecule has 2 N–H and O–H groups in total. The van der Waals surface area contributed by atoms with E-state index in [1.807, 2.05) is 36.4 Å². The number of fused-ring (bicyclic) bond motifs is 1. The number of rotatable bonds is 6. The molecule has 4 rings (SSSR count). The third kappa shape index (κ3) is 4.78. The molecule has 3 aromatic rings. The molecule has 1 heterocycles. The molecule has 0 radical (unpaired) electrons. The summed E-state index contributed by atoms with van der Waals surface area (Å²) in [5, 5.41) is 14.6. The Morgan fingerprint density at radius 2 is 1.77 bits per heavy atom. The lowest BCUT2D eigenvalue weighted by atomic mass is 9.94. The van der Waals surface area contributed by atoms with Crippen LogP contribution in [-0.2, 0) is 11.2 Å². The van der Waals surface area contributed by atoms with Gasteiger partial charge < -0.3 is 5.11 Å². The summed E-state index contributed by atoms with van der Waals surface area (Å²) in [6.07, 6.45) is 2.27. The second-order valence-corrected chi connectivity index (χ2v) is 7.89. The highest BCUT2D eigenvalue weighted by atomic mass is 32.2. The van der Waals surface area contributed by atoms with Crippen LogP contribution >= 0.6 is 11.8 Å². The number of benzene rings is 3. The van der Waals surface area contributed by atoms with E-state index in [2.05, 4.69) is 28.7 Å². The van der Waals surface area contributed by atoms with Gasteiger partial charge in [-0.15, -0.1) is 11.8 Å². The molecule has 0 aliphatic carbocycles. The van der Waals surface area contributed by atoms with Crippen molar-refractivity contribution in [3.05, 3.63) is 95.6 Å². The standard InChI is InChI=1S/C24H21N3O2S/c28-22-13-7-4-10-18(22)15-25-27-23(29)16-30-24-20(14-17-8-2-1-3-9-17)19-11-5-6-12-21(19)26-24/h1-13,15,20,28H,14,16H2,(H,27,29)/b25-15+. The van der Waals surface area contributed by atoms with Crippen LogP contribution in [0.25, 0.3) is 0 Å². The number of carbonyl (C=O) groups is 1. The van der Waals surface area contributed by atoms with E-state index in [1.54, 1.807) is 24.3 Å². The molecule has 150 valence electrons. The first-order chi connectivity index (χ1) is 14.7. The van der Waals surface area contributed by atoms with E-state index in [0.717, 1.165) is 17.2 Å². The summed E-state index contributed by atoms with van der Waals surface area (Å²) in [6.45, 7) is 0. The molecular weight excluding hydrogens is 394 g/mol. The van der Waals surface area contributed by atoms with Crippen LogP contribution in [0.4, 0.5) is 5.69 Å². The van der Waals surface area contributed by atoms with Crippen molar-refractivity contribution in [2.75, 3.05) is 5.75 Å². The second kappa shape index (κ2) is 9.41. The number of thioether (sulfide) groups is 1. The Kier molecular flexibility index (Phi) is 6.25. The monoisotopic (exact) mass is 415 g/mol. The minimum absolute atomic E-state index is 0.117. The number of phenolic OH excluding ortho intramolecular Hbond substituents is 1. The summed E-state index contributed by atoms with van der Waals surface area (Å²) in [6, 6.07) is 25.3. The molecular formula is C24H21N3O2S. The van der Waals surface area contributed by atoms with Gasteiger partial charge in [0.1, 0.15) is 5.75 Å². The summed E-state index contributed by atoms with van der Waals surface area (Å²) in [4.78, 5) is 17.0. The van der Waals surface area contributed by atoms with E-state index in [-0.39, 0.29) is 23.3 Å². The maximum atomic E-state index is 12.2. The number of carbonyl (C=O) groups excluding carboxylic acids is 1. The van der Waals surface area contributed by atoms with Gasteiger partial charge in [-0.2, -0.15) is 5.10 Å². The van der Waals surface area contributed by atoms with Crippen molar-refractivity contribution >= 4 is 34.6 Å². The first-order valence-electron chi connectivity index (χ1n) is 9.65. The van der Waals surface area contributed by atoms with E-state index in [0.29, 0.717) is 5.56 Å². The molecule has 0 bridgehead atoms. The van der Waals surface area contributed by atoms with Gasteiger partial charge in [-0.1, -0.05) is 60.7 Å². The maximum Gasteiger partial charge on any atom is 0.250 e. The van der Waals surface area contributed by atoms with Crippen LogP contribution in [0.5, 0.6) is 5.75 Å². The number of nitrogens with one attached hydrogen (secondary N) is 1. The van der Waals surface area contributed by atoms with Crippen LogP contribution in [0.15, 0.2) is 89.0 Å². The summed E-state index contributed by atoms with van der Waals surface area (Å²) < 4.78 is 0. The lowest BCUT2D eigenvalue weighted by molar-refractivity contribution is -0.118. The number of hydrogen-bond donors (Lipinski definition) is 2. The van der Waals surface area contributed by atoms with Crippen molar-refractivity contribution in [2.24, 2.45) is 10.1 Å². The number of phenols is 1. The quantitative estimate of drug-likeness (QED) is 0.455. The Morgan fingerprint density at radius 3 is 2.60 bits per heavy atom. The Labute approximate surface area is 179 Å². The molecule has 0 fully saturated rings. The number of nitrogens with zero attached hydrogens (tertiary/aromatic N) is 2. The predicted molar refractivity (Wildman–Crippen MR) is 123 cm³/mol. The van der Waals surface area contributed by atoms with Crippen molar-refractivity contribution in [3.63, 3.8) is 0 Å². The van der Waals surface area contributed by atoms with Gasteiger partial charge in [-0.25, -0.2) is 10.4 Å². The zero-order chi connectivity index (χ0) is 20.8. The van der Waals surface area contributed by atoms with Gasteiger partial charge in [0.25, 0.3) is 0 Å². The molecule has 6 heteroatoms. The minimum atomic E-state index is -0.219. The molecule has 5 nitrogen and oxygen atoms in total. The largest absolute Gasteiger partial charge is 0.507 e. The molecule has 0 saturated carbocycles. The fraction of sp³-hybridized carbons (Fsp3) is 0.125. The van der Waals surface area contributed by atoms with Crippen LogP contribution in [0, 0.1) is 0 Å². The van der Waals surface area contributed by atoms with E-state index in [4.69, 9.17) is 4.99 Å². The van der Waals surface area contributed by atoms with E-state index in [1.165, 1.54) is 29.1 Å².